The summed E-state index contributed by atoms with van der Waals surface area (Å²) >= 11 is 0. The molecule has 0 aromatic carbocycles. The Kier molecular flexibility index (Phi) is 4.55. The fourth-order valence-electron chi connectivity index (χ4n) is 1.61. The van der Waals surface area contributed by atoms with Crippen molar-refractivity contribution in [1.29, 1.82) is 0 Å². The normalized spacial score (nSPS) is 11.0. The Bertz CT molecular complexity index is 357. The van der Waals surface area contributed by atoms with Crippen LogP contribution in [0.15, 0.2) is 10.5 Å². The highest BCUT2D eigenvalue weighted by Crippen LogP contribution is 2.16. The van der Waals surface area contributed by atoms with Crippen molar-refractivity contribution in [2.75, 3.05) is 13.6 Å². The Labute approximate surface area is 95.9 Å². The number of furan rings is 1. The number of aryl methyl sites for hydroxylation is 1. The topological polar surface area (TPSA) is 53.7 Å². The lowest BCUT2D eigenvalue weighted by Gasteiger charge is -2.13. The van der Waals surface area contributed by atoms with E-state index in [-0.39, 0.29) is 5.76 Å². The molecule has 0 saturated heterocycles. The minimum Gasteiger partial charge on any atom is -0.475 e. The standard InChI is InChI=1S/C12H19NO3/c1-4-5-6-13(3)8-10-7-9(2)11(16-10)12(14)15/h7H,4-6,8H2,1-3H3,(H,14,15). The van der Waals surface area contributed by atoms with Gasteiger partial charge in [0.05, 0.1) is 6.54 Å². The number of carboxylic acid groups (broad SMARTS) is 1. The van der Waals surface area contributed by atoms with E-state index in [1.165, 1.54) is 0 Å². The van der Waals surface area contributed by atoms with Crippen LogP contribution in [0.1, 0.15) is 41.6 Å². The quantitative estimate of drug-likeness (QED) is 0.808. The lowest BCUT2D eigenvalue weighted by molar-refractivity contribution is 0.0657. The van der Waals surface area contributed by atoms with Crippen LogP contribution in [-0.4, -0.2) is 29.6 Å². The van der Waals surface area contributed by atoms with Crippen molar-refractivity contribution in [3.05, 3.63) is 23.2 Å². The van der Waals surface area contributed by atoms with Gasteiger partial charge in [0.2, 0.25) is 5.76 Å². The summed E-state index contributed by atoms with van der Waals surface area (Å²) in [6.45, 7) is 5.56. The first-order valence-electron chi connectivity index (χ1n) is 5.55. The predicted octanol–water partition coefficient (Wildman–Crippen LogP) is 2.52. The molecule has 0 unspecified atom stereocenters. The molecule has 0 atom stereocenters. The first kappa shape index (κ1) is 12.8. The average Bonchev–Trinajstić information content (AvgIpc) is 2.56. The number of aromatic carboxylic acids is 1. The van der Waals surface area contributed by atoms with E-state index in [0.29, 0.717) is 17.9 Å². The van der Waals surface area contributed by atoms with Crippen LogP contribution >= 0.6 is 0 Å². The van der Waals surface area contributed by atoms with Crippen molar-refractivity contribution >= 4 is 5.97 Å². The van der Waals surface area contributed by atoms with E-state index in [1.54, 1.807) is 13.0 Å². The van der Waals surface area contributed by atoms with Crippen molar-refractivity contribution in [3.63, 3.8) is 0 Å². The van der Waals surface area contributed by atoms with E-state index in [1.807, 2.05) is 7.05 Å². The third-order valence-corrected chi connectivity index (χ3v) is 2.48. The molecule has 1 rings (SSSR count). The van der Waals surface area contributed by atoms with E-state index in [0.717, 1.165) is 19.4 Å². The molecule has 0 bridgehead atoms. The lowest BCUT2D eigenvalue weighted by Crippen LogP contribution is -2.18. The van der Waals surface area contributed by atoms with Crippen molar-refractivity contribution < 1.29 is 14.3 Å². The fraction of sp³-hybridized carbons (Fsp3) is 0.583. The van der Waals surface area contributed by atoms with Gasteiger partial charge in [0, 0.05) is 5.56 Å². The largest absolute Gasteiger partial charge is 0.475 e. The van der Waals surface area contributed by atoms with E-state index >= 15 is 0 Å². The Morgan fingerprint density at radius 1 is 1.56 bits per heavy atom. The van der Waals surface area contributed by atoms with Crippen molar-refractivity contribution in [2.24, 2.45) is 0 Å². The number of nitrogens with zero attached hydrogens (tertiary/aromatic N) is 1. The number of hydrogen-bond donors (Lipinski definition) is 1. The van der Waals surface area contributed by atoms with Gasteiger partial charge >= 0.3 is 5.97 Å². The van der Waals surface area contributed by atoms with Gasteiger partial charge < -0.3 is 9.52 Å². The van der Waals surface area contributed by atoms with Gasteiger partial charge in [-0.3, -0.25) is 4.90 Å². The third-order valence-electron chi connectivity index (χ3n) is 2.48. The second-order valence-electron chi connectivity index (χ2n) is 4.12. The van der Waals surface area contributed by atoms with Crippen molar-refractivity contribution in [1.82, 2.24) is 4.90 Å². The van der Waals surface area contributed by atoms with Crippen LogP contribution in [0.25, 0.3) is 0 Å². The molecule has 0 aliphatic rings. The summed E-state index contributed by atoms with van der Waals surface area (Å²) in [5, 5.41) is 8.85. The molecule has 0 aliphatic heterocycles. The number of unbranched alkanes of at least 4 members (excludes halogenated alkanes) is 1. The van der Waals surface area contributed by atoms with Gasteiger partial charge in [-0.05, 0) is 33.0 Å². The van der Waals surface area contributed by atoms with Crippen LogP contribution in [-0.2, 0) is 6.54 Å². The monoisotopic (exact) mass is 225 g/mol. The maximum Gasteiger partial charge on any atom is 0.372 e. The minimum atomic E-state index is -1.00. The Balaban J connectivity index is 2.60. The molecule has 1 heterocycles. The number of carbonyl (C=O) groups is 1. The molecule has 90 valence electrons. The van der Waals surface area contributed by atoms with E-state index in [2.05, 4.69) is 11.8 Å². The fourth-order valence-corrected chi connectivity index (χ4v) is 1.61. The zero-order valence-electron chi connectivity index (χ0n) is 10.1. The van der Waals surface area contributed by atoms with Crippen LogP contribution in [0.5, 0.6) is 0 Å². The third kappa shape index (κ3) is 3.38. The Hall–Kier alpha value is -1.29. The number of rotatable bonds is 6. The van der Waals surface area contributed by atoms with E-state index in [9.17, 15) is 4.79 Å². The summed E-state index contributed by atoms with van der Waals surface area (Å²) in [5.41, 5.74) is 0.686. The average molecular weight is 225 g/mol. The van der Waals surface area contributed by atoms with Crippen molar-refractivity contribution in [2.45, 2.75) is 33.2 Å². The smallest absolute Gasteiger partial charge is 0.372 e. The first-order valence-corrected chi connectivity index (χ1v) is 5.55. The molecule has 1 aromatic rings. The summed E-state index contributed by atoms with van der Waals surface area (Å²) in [5.74, 6) is -0.229. The second-order valence-corrected chi connectivity index (χ2v) is 4.12. The minimum absolute atomic E-state index is 0.0545. The molecule has 1 aromatic heterocycles. The SMILES string of the molecule is CCCCN(C)Cc1cc(C)c(C(=O)O)o1. The highest BCUT2D eigenvalue weighted by atomic mass is 16.4. The van der Waals surface area contributed by atoms with Gasteiger partial charge in [-0.2, -0.15) is 0 Å². The molecule has 0 fully saturated rings. The van der Waals surface area contributed by atoms with Gasteiger partial charge in [0.15, 0.2) is 0 Å². The maximum atomic E-state index is 10.8. The molecule has 0 spiro atoms. The maximum absolute atomic E-state index is 10.8. The van der Waals surface area contributed by atoms with Gasteiger partial charge in [-0.1, -0.05) is 13.3 Å². The molecule has 0 radical (unpaired) electrons. The summed E-state index contributed by atoms with van der Waals surface area (Å²) in [7, 11) is 2.01. The molecule has 0 aliphatic carbocycles. The lowest BCUT2D eigenvalue weighted by atomic mass is 10.2. The Morgan fingerprint density at radius 3 is 2.75 bits per heavy atom. The zero-order valence-corrected chi connectivity index (χ0v) is 10.1. The molecule has 0 saturated carbocycles. The number of carboxylic acids is 1. The van der Waals surface area contributed by atoms with Gasteiger partial charge in [-0.15, -0.1) is 0 Å². The van der Waals surface area contributed by atoms with Gasteiger partial charge in [0.1, 0.15) is 5.76 Å². The predicted molar refractivity (Wildman–Crippen MR) is 61.6 cm³/mol. The molecule has 4 heteroatoms. The van der Waals surface area contributed by atoms with Gasteiger partial charge in [0.25, 0.3) is 0 Å². The van der Waals surface area contributed by atoms with Gasteiger partial charge in [-0.25, -0.2) is 4.79 Å². The van der Waals surface area contributed by atoms with E-state index in [4.69, 9.17) is 9.52 Å². The molecule has 0 amide bonds. The van der Waals surface area contributed by atoms with Crippen LogP contribution in [0, 0.1) is 6.92 Å². The second kappa shape index (κ2) is 5.70. The van der Waals surface area contributed by atoms with Crippen LogP contribution in [0.4, 0.5) is 0 Å². The summed E-state index contributed by atoms with van der Waals surface area (Å²) in [6.07, 6.45) is 2.30. The molecular weight excluding hydrogens is 206 g/mol. The summed E-state index contributed by atoms with van der Waals surface area (Å²) in [6, 6.07) is 1.80. The number of hydrogen-bond acceptors (Lipinski definition) is 3. The summed E-state index contributed by atoms with van der Waals surface area (Å²) < 4.78 is 5.29. The first-order chi connectivity index (χ1) is 7.54. The van der Waals surface area contributed by atoms with Crippen molar-refractivity contribution in [3.8, 4) is 0 Å². The summed E-state index contributed by atoms with van der Waals surface area (Å²) in [4.78, 5) is 12.9. The highest BCUT2D eigenvalue weighted by Gasteiger charge is 2.14. The molecule has 1 N–H and O–H groups in total. The van der Waals surface area contributed by atoms with Crippen LogP contribution in [0.2, 0.25) is 0 Å². The van der Waals surface area contributed by atoms with Crippen LogP contribution in [0.3, 0.4) is 0 Å². The van der Waals surface area contributed by atoms with E-state index < -0.39 is 5.97 Å². The Morgan fingerprint density at radius 2 is 2.25 bits per heavy atom. The molecular formula is C12H19NO3. The zero-order chi connectivity index (χ0) is 12.1. The molecule has 4 nitrogen and oxygen atoms in total. The highest BCUT2D eigenvalue weighted by molar-refractivity contribution is 5.86. The molecule has 16 heavy (non-hydrogen) atoms. The van der Waals surface area contributed by atoms with Crippen LogP contribution < -0.4 is 0 Å².